The number of benzene rings is 3. The summed E-state index contributed by atoms with van der Waals surface area (Å²) in [5.74, 6) is 1.49. The van der Waals surface area contributed by atoms with Crippen molar-refractivity contribution in [3.8, 4) is 11.5 Å². The fraction of sp³-hybridized carbons (Fsp3) is 0.167. The first kappa shape index (κ1) is 19.7. The highest BCUT2D eigenvalue weighted by Crippen LogP contribution is 2.40. The lowest BCUT2D eigenvalue weighted by Crippen LogP contribution is -2.26. The molecule has 6 nitrogen and oxygen atoms in total. The zero-order chi connectivity index (χ0) is 21.4. The van der Waals surface area contributed by atoms with E-state index in [1.54, 1.807) is 6.07 Å². The molecule has 1 aromatic heterocycles. The second kappa shape index (κ2) is 7.76. The predicted molar refractivity (Wildman–Crippen MR) is 117 cm³/mol. The Morgan fingerprint density at radius 1 is 0.903 bits per heavy atom. The third-order valence-corrected chi connectivity index (χ3v) is 6.37. The molecule has 1 unspecified atom stereocenters. The van der Waals surface area contributed by atoms with E-state index in [9.17, 15) is 8.42 Å². The van der Waals surface area contributed by atoms with Gasteiger partial charge in [0.2, 0.25) is 10.0 Å². The van der Waals surface area contributed by atoms with Crippen LogP contribution in [0.1, 0.15) is 23.7 Å². The number of primary sulfonamides is 1. The van der Waals surface area contributed by atoms with Crippen molar-refractivity contribution in [3.63, 3.8) is 0 Å². The van der Waals surface area contributed by atoms with E-state index in [4.69, 9.17) is 19.0 Å². The van der Waals surface area contributed by atoms with Gasteiger partial charge in [-0.15, -0.1) is 0 Å². The van der Waals surface area contributed by atoms with Crippen LogP contribution in [0.25, 0.3) is 11.0 Å². The zero-order valence-corrected chi connectivity index (χ0v) is 17.4. The molecule has 0 aliphatic carbocycles. The van der Waals surface area contributed by atoms with Crippen LogP contribution in [-0.2, 0) is 10.0 Å². The van der Waals surface area contributed by atoms with Gasteiger partial charge in [0, 0.05) is 17.9 Å². The normalized spacial score (nSPS) is 17.3. The quantitative estimate of drug-likeness (QED) is 0.512. The number of rotatable bonds is 4. The SMILES string of the molecule is NS(=O)(=O)c1ccc2c(c1)OCCC([C@@H](c1ccccc1)c1cc3ccccc3o1)O2. The molecular formula is C24H21NO5S. The van der Waals surface area contributed by atoms with Crippen LogP contribution < -0.4 is 14.6 Å². The van der Waals surface area contributed by atoms with Gasteiger partial charge in [-0.3, -0.25) is 0 Å². The van der Waals surface area contributed by atoms with Gasteiger partial charge in [-0.1, -0.05) is 48.5 Å². The van der Waals surface area contributed by atoms with Crippen molar-refractivity contribution in [1.29, 1.82) is 0 Å². The smallest absolute Gasteiger partial charge is 0.238 e. The molecule has 0 radical (unpaired) electrons. The fourth-order valence-corrected chi connectivity index (χ4v) is 4.52. The number of sulfonamides is 1. The van der Waals surface area contributed by atoms with Crippen LogP contribution in [0.2, 0.25) is 0 Å². The van der Waals surface area contributed by atoms with E-state index >= 15 is 0 Å². The second-order valence-corrected chi connectivity index (χ2v) is 9.08. The molecule has 5 rings (SSSR count). The summed E-state index contributed by atoms with van der Waals surface area (Å²) in [6.45, 7) is 0.370. The van der Waals surface area contributed by atoms with Gasteiger partial charge in [0.15, 0.2) is 11.5 Å². The van der Waals surface area contributed by atoms with Gasteiger partial charge in [-0.25, -0.2) is 13.6 Å². The third-order valence-electron chi connectivity index (χ3n) is 5.46. The summed E-state index contributed by atoms with van der Waals surface area (Å²) in [5, 5.41) is 6.29. The number of ether oxygens (including phenoxy) is 2. The lowest BCUT2D eigenvalue weighted by atomic mass is 9.89. The van der Waals surface area contributed by atoms with Crippen LogP contribution in [0, 0.1) is 0 Å². The highest BCUT2D eigenvalue weighted by atomic mass is 32.2. The van der Waals surface area contributed by atoms with Gasteiger partial charge >= 0.3 is 0 Å². The number of nitrogens with two attached hydrogens (primary N) is 1. The number of hydrogen-bond donors (Lipinski definition) is 1. The van der Waals surface area contributed by atoms with E-state index in [1.165, 1.54) is 12.1 Å². The number of hydrogen-bond acceptors (Lipinski definition) is 5. The molecule has 1 aliphatic heterocycles. The van der Waals surface area contributed by atoms with Gasteiger partial charge in [0.1, 0.15) is 17.4 Å². The average Bonchev–Trinajstić information content (AvgIpc) is 3.06. The fourth-order valence-electron chi connectivity index (χ4n) is 4.00. The first-order valence-corrected chi connectivity index (χ1v) is 11.5. The van der Waals surface area contributed by atoms with Crippen molar-refractivity contribution in [1.82, 2.24) is 0 Å². The Hall–Kier alpha value is -3.29. The van der Waals surface area contributed by atoms with Crippen LogP contribution in [0.3, 0.4) is 0 Å². The molecule has 31 heavy (non-hydrogen) atoms. The van der Waals surface area contributed by atoms with Gasteiger partial charge in [0.25, 0.3) is 0 Å². The standard InChI is InChI=1S/C24H21NO5S/c25-31(26,27)18-10-11-20-22(15-18)28-13-12-21(30-20)24(16-6-2-1-3-7-16)23-14-17-8-4-5-9-19(17)29-23/h1-11,14-15,21,24H,12-13H2,(H2,25,26,27)/t21?,24-/m1/s1. The molecule has 3 aromatic carbocycles. The van der Waals surface area contributed by atoms with Crippen molar-refractivity contribution in [2.45, 2.75) is 23.3 Å². The highest BCUT2D eigenvalue weighted by molar-refractivity contribution is 7.89. The van der Waals surface area contributed by atoms with E-state index in [2.05, 4.69) is 12.1 Å². The van der Waals surface area contributed by atoms with Gasteiger partial charge < -0.3 is 13.9 Å². The largest absolute Gasteiger partial charge is 0.490 e. The number of para-hydroxylation sites is 1. The molecule has 2 atom stereocenters. The summed E-state index contributed by atoms with van der Waals surface area (Å²) in [6.07, 6.45) is 0.320. The Morgan fingerprint density at radius 3 is 2.45 bits per heavy atom. The maximum absolute atomic E-state index is 11.7. The lowest BCUT2D eigenvalue weighted by molar-refractivity contribution is 0.165. The minimum atomic E-state index is -3.83. The highest BCUT2D eigenvalue weighted by Gasteiger charge is 2.32. The molecule has 158 valence electrons. The van der Waals surface area contributed by atoms with Crippen molar-refractivity contribution in [2.24, 2.45) is 5.14 Å². The summed E-state index contributed by atoms with van der Waals surface area (Å²) < 4.78 is 41.8. The summed E-state index contributed by atoms with van der Waals surface area (Å²) in [5.41, 5.74) is 1.89. The summed E-state index contributed by atoms with van der Waals surface area (Å²) >= 11 is 0. The average molecular weight is 436 g/mol. The number of fused-ring (bicyclic) bond motifs is 2. The van der Waals surface area contributed by atoms with E-state index in [0.717, 1.165) is 22.3 Å². The monoisotopic (exact) mass is 435 g/mol. The van der Waals surface area contributed by atoms with Crippen LogP contribution in [-0.4, -0.2) is 21.1 Å². The Bertz CT molecular complexity index is 1300. The Morgan fingerprint density at radius 2 is 1.68 bits per heavy atom. The maximum atomic E-state index is 11.7. The number of furan rings is 1. The van der Waals surface area contributed by atoms with Crippen molar-refractivity contribution < 1.29 is 22.3 Å². The second-order valence-electron chi connectivity index (χ2n) is 7.52. The molecule has 2 N–H and O–H groups in total. The molecular weight excluding hydrogens is 414 g/mol. The minimum Gasteiger partial charge on any atom is -0.490 e. The van der Waals surface area contributed by atoms with E-state index in [0.29, 0.717) is 24.5 Å². The zero-order valence-electron chi connectivity index (χ0n) is 16.6. The Kier molecular flexibility index (Phi) is 4.92. The molecule has 1 aliphatic rings. The Labute approximate surface area is 180 Å². The maximum Gasteiger partial charge on any atom is 0.238 e. The minimum absolute atomic E-state index is 0.00908. The molecule has 7 heteroatoms. The third kappa shape index (κ3) is 3.89. The van der Waals surface area contributed by atoms with Crippen LogP contribution in [0.5, 0.6) is 11.5 Å². The summed E-state index contributed by atoms with van der Waals surface area (Å²) in [7, 11) is -3.83. The first-order chi connectivity index (χ1) is 15.0. The molecule has 4 aromatic rings. The van der Waals surface area contributed by atoms with E-state index in [1.807, 2.05) is 48.5 Å². The van der Waals surface area contributed by atoms with Gasteiger partial charge in [-0.05, 0) is 29.8 Å². The van der Waals surface area contributed by atoms with Crippen molar-refractivity contribution in [2.75, 3.05) is 6.61 Å². The van der Waals surface area contributed by atoms with Crippen LogP contribution in [0.15, 0.2) is 88.2 Å². The van der Waals surface area contributed by atoms with Crippen molar-refractivity contribution >= 4 is 21.0 Å². The van der Waals surface area contributed by atoms with Gasteiger partial charge in [-0.2, -0.15) is 0 Å². The summed E-state index contributed by atoms with van der Waals surface area (Å²) in [6, 6.07) is 24.4. The molecule has 0 amide bonds. The molecule has 2 heterocycles. The molecule has 0 saturated heterocycles. The van der Waals surface area contributed by atoms with E-state index < -0.39 is 10.0 Å². The molecule has 0 spiro atoms. The van der Waals surface area contributed by atoms with E-state index in [-0.39, 0.29) is 16.9 Å². The van der Waals surface area contributed by atoms with Gasteiger partial charge in [0.05, 0.1) is 17.4 Å². The first-order valence-electron chi connectivity index (χ1n) is 9.99. The molecule has 0 bridgehead atoms. The van der Waals surface area contributed by atoms with Crippen LogP contribution >= 0.6 is 0 Å². The topological polar surface area (TPSA) is 91.8 Å². The Balaban J connectivity index is 1.57. The predicted octanol–water partition coefficient (Wildman–Crippen LogP) is 4.44. The van der Waals surface area contributed by atoms with Crippen molar-refractivity contribution in [3.05, 3.63) is 90.2 Å². The lowest BCUT2D eigenvalue weighted by Gasteiger charge is -2.25. The molecule has 0 saturated carbocycles. The van der Waals surface area contributed by atoms with Crippen LogP contribution in [0.4, 0.5) is 0 Å². The molecule has 0 fully saturated rings. The summed E-state index contributed by atoms with van der Waals surface area (Å²) in [4.78, 5) is -0.00908.